The number of phosphoric acid groups is 1. The Morgan fingerprint density at radius 2 is 0.795 bits per heavy atom. The van der Waals surface area contributed by atoms with Crippen molar-refractivity contribution in [2.24, 2.45) is 0 Å². The average Bonchev–Trinajstić information content (AvgIpc) is 3.40. The van der Waals surface area contributed by atoms with Crippen LogP contribution in [0.2, 0.25) is 0 Å². The zero-order chi connectivity index (χ0) is 57.2. The maximum Gasteiger partial charge on any atom is 0.472 e. The largest absolute Gasteiger partial charge is 0.472 e. The van der Waals surface area contributed by atoms with Crippen LogP contribution in [0.15, 0.2) is 72.9 Å². The summed E-state index contributed by atoms with van der Waals surface area (Å²) in [5, 5.41) is 3.05. The van der Waals surface area contributed by atoms with Crippen LogP contribution < -0.4 is 5.32 Å². The van der Waals surface area contributed by atoms with E-state index >= 15 is 0 Å². The molecule has 0 aromatic heterocycles. The van der Waals surface area contributed by atoms with E-state index in [2.05, 4.69) is 80.8 Å². The maximum atomic E-state index is 13.6. The number of amides is 1. The van der Waals surface area contributed by atoms with E-state index in [-0.39, 0.29) is 25.5 Å². The Kier molecular flexibility index (Phi) is 55.8. The highest BCUT2D eigenvalue weighted by Crippen LogP contribution is 2.43. The summed E-state index contributed by atoms with van der Waals surface area (Å²) in [4.78, 5) is 37.7. The topological polar surface area (TPSA) is 111 Å². The summed E-state index contributed by atoms with van der Waals surface area (Å²) in [5.74, 6) is -0.579. The van der Waals surface area contributed by atoms with Crippen molar-refractivity contribution in [3.63, 3.8) is 0 Å². The van der Waals surface area contributed by atoms with Gasteiger partial charge in [0, 0.05) is 12.8 Å². The number of unbranched alkanes of at least 4 members (excludes halogenated alkanes) is 33. The minimum Gasteiger partial charge on any atom is -0.456 e. The SMILES string of the molecule is CCCCC/C=C\C/C=C\C/C=C\CCCCCCCCCCCCCCCCC(=O)NC(COP(=O)(O)OCC[N+](C)(C)C)C(/C=C\CCCCCCCCCCCC)OC(=O)CC/C=C/C/C=C\CCCCCCCC. The molecule has 0 aromatic carbocycles. The molecule has 2 N–H and O–H groups in total. The van der Waals surface area contributed by atoms with Crippen LogP contribution in [0, 0.1) is 0 Å². The van der Waals surface area contributed by atoms with Gasteiger partial charge in [-0.3, -0.25) is 18.6 Å². The predicted molar refractivity (Wildman–Crippen MR) is 337 cm³/mol. The normalized spacial score (nSPS) is 14.1. The van der Waals surface area contributed by atoms with Crippen molar-refractivity contribution in [1.29, 1.82) is 0 Å². The standard InChI is InChI=1S/C68H125N2O7P/c1-7-10-13-16-19-22-25-28-29-30-31-32-33-34-35-36-37-38-39-40-41-43-45-48-51-54-57-60-67(71)69-65(64-76-78(73,74)75-63-62-70(4,5)6)66(59-56-53-50-47-44-27-24-21-18-15-12-9-3)77-68(72)61-58-55-52-49-46-42-26-23-20-17-14-11-8-2/h19,22,28-29,31-32,42,46,52,55-56,59,65-66H,7-18,20-21,23-27,30,33-41,43-45,47-51,53-54,57-58,60-64H2,1-6H3,(H-,69,71,73,74)/p+1/b22-19-,29-28-,32-31-,46-42-,55-52+,59-56-. The van der Waals surface area contributed by atoms with Crippen LogP contribution in [-0.4, -0.2) is 74.3 Å². The third-order valence-corrected chi connectivity index (χ3v) is 15.4. The zero-order valence-corrected chi connectivity index (χ0v) is 52.8. The van der Waals surface area contributed by atoms with E-state index in [1.54, 1.807) is 0 Å². The molecule has 3 atom stereocenters. The van der Waals surface area contributed by atoms with E-state index < -0.39 is 25.9 Å². The second-order valence-corrected chi connectivity index (χ2v) is 24.7. The molecule has 0 aromatic rings. The number of nitrogens with zero attached hydrogens (tertiary/aromatic N) is 1. The molecule has 0 aliphatic carbocycles. The van der Waals surface area contributed by atoms with Crippen LogP contribution >= 0.6 is 7.82 Å². The number of hydrogen-bond acceptors (Lipinski definition) is 6. The Morgan fingerprint density at radius 3 is 1.22 bits per heavy atom. The highest BCUT2D eigenvalue weighted by Gasteiger charge is 2.30. The van der Waals surface area contributed by atoms with Gasteiger partial charge in [0.05, 0.1) is 33.8 Å². The Balaban J connectivity index is 5.07. The van der Waals surface area contributed by atoms with E-state index in [1.807, 2.05) is 39.4 Å². The smallest absolute Gasteiger partial charge is 0.456 e. The van der Waals surface area contributed by atoms with E-state index in [0.717, 1.165) is 64.2 Å². The van der Waals surface area contributed by atoms with Crippen LogP contribution in [0.1, 0.15) is 297 Å². The van der Waals surface area contributed by atoms with Gasteiger partial charge in [0.25, 0.3) is 0 Å². The molecule has 454 valence electrons. The molecule has 0 aliphatic rings. The van der Waals surface area contributed by atoms with Crippen LogP contribution in [0.4, 0.5) is 0 Å². The first-order valence-electron chi connectivity index (χ1n) is 32.8. The third kappa shape index (κ3) is 58.1. The number of phosphoric ester groups is 1. The number of carbonyl (C=O) groups excluding carboxylic acids is 2. The van der Waals surface area contributed by atoms with E-state index in [0.29, 0.717) is 23.9 Å². The lowest BCUT2D eigenvalue weighted by Crippen LogP contribution is -2.47. The van der Waals surface area contributed by atoms with Gasteiger partial charge in [-0.05, 0) is 89.5 Å². The summed E-state index contributed by atoms with van der Waals surface area (Å²) in [6.45, 7) is 6.95. The van der Waals surface area contributed by atoms with E-state index in [9.17, 15) is 19.0 Å². The lowest BCUT2D eigenvalue weighted by atomic mass is 10.0. The summed E-state index contributed by atoms with van der Waals surface area (Å²) >= 11 is 0. The van der Waals surface area contributed by atoms with Crippen molar-refractivity contribution >= 4 is 19.7 Å². The molecule has 0 radical (unpaired) electrons. The van der Waals surface area contributed by atoms with Gasteiger partial charge in [-0.1, -0.05) is 267 Å². The number of likely N-dealkylation sites (N-methyl/N-ethyl adjacent to an activating group) is 1. The van der Waals surface area contributed by atoms with Crippen molar-refractivity contribution in [2.75, 3.05) is 40.9 Å². The number of carbonyl (C=O) groups is 2. The Morgan fingerprint density at radius 1 is 0.449 bits per heavy atom. The molecule has 1 amide bonds. The molecule has 0 saturated carbocycles. The first-order valence-corrected chi connectivity index (χ1v) is 34.3. The van der Waals surface area contributed by atoms with Crippen LogP contribution in [0.3, 0.4) is 0 Å². The first-order chi connectivity index (χ1) is 37.9. The summed E-state index contributed by atoms with van der Waals surface area (Å²) < 4.78 is 30.6. The van der Waals surface area contributed by atoms with Crippen LogP contribution in [0.5, 0.6) is 0 Å². The van der Waals surface area contributed by atoms with Crippen molar-refractivity contribution in [3.8, 4) is 0 Å². The molecule has 0 rings (SSSR count). The van der Waals surface area contributed by atoms with Gasteiger partial charge in [-0.2, -0.15) is 0 Å². The van der Waals surface area contributed by atoms with Gasteiger partial charge in [0.1, 0.15) is 19.3 Å². The average molecular weight is 1110 g/mol. The molecular weight excluding hydrogens is 988 g/mol. The van der Waals surface area contributed by atoms with E-state index in [1.165, 1.54) is 193 Å². The minimum atomic E-state index is -4.46. The van der Waals surface area contributed by atoms with Crippen molar-refractivity contribution in [3.05, 3.63) is 72.9 Å². The number of rotatable bonds is 59. The Hall–Kier alpha value is -2.55. The highest BCUT2D eigenvalue weighted by atomic mass is 31.2. The molecule has 0 aliphatic heterocycles. The molecular formula is C68H126N2O7P+. The number of esters is 1. The Bertz CT molecular complexity index is 1570. The summed E-state index contributed by atoms with van der Waals surface area (Å²) in [6, 6.07) is -0.872. The third-order valence-electron chi connectivity index (χ3n) is 14.4. The van der Waals surface area contributed by atoms with E-state index in [4.69, 9.17) is 13.8 Å². The number of ether oxygens (including phenoxy) is 1. The summed E-state index contributed by atoms with van der Waals surface area (Å²) in [5.41, 5.74) is 0. The van der Waals surface area contributed by atoms with Crippen LogP contribution in [0.25, 0.3) is 0 Å². The molecule has 0 bridgehead atoms. The fraction of sp³-hybridized carbons (Fsp3) is 0.794. The second-order valence-electron chi connectivity index (χ2n) is 23.3. The quantitative estimate of drug-likeness (QED) is 0.0205. The molecule has 78 heavy (non-hydrogen) atoms. The fourth-order valence-corrected chi connectivity index (χ4v) is 10.0. The number of allylic oxidation sites excluding steroid dienone is 11. The molecule has 0 heterocycles. The molecule has 10 heteroatoms. The molecule has 0 spiro atoms. The molecule has 3 unspecified atom stereocenters. The summed E-state index contributed by atoms with van der Waals surface area (Å²) in [6.07, 6.45) is 75.0. The van der Waals surface area contributed by atoms with Crippen molar-refractivity contribution in [2.45, 2.75) is 309 Å². The fourth-order valence-electron chi connectivity index (χ4n) is 9.30. The number of nitrogens with one attached hydrogen (secondary N) is 1. The van der Waals surface area contributed by atoms with Gasteiger partial charge in [0.15, 0.2) is 0 Å². The predicted octanol–water partition coefficient (Wildman–Crippen LogP) is 20.4. The lowest BCUT2D eigenvalue weighted by molar-refractivity contribution is -0.870. The van der Waals surface area contributed by atoms with Crippen molar-refractivity contribution in [1.82, 2.24) is 5.32 Å². The van der Waals surface area contributed by atoms with Gasteiger partial charge in [0.2, 0.25) is 5.91 Å². The monoisotopic (exact) mass is 1110 g/mol. The van der Waals surface area contributed by atoms with Gasteiger partial charge < -0.3 is 19.4 Å². The number of quaternary nitrogens is 1. The molecule has 0 fully saturated rings. The lowest BCUT2D eigenvalue weighted by Gasteiger charge is -2.27. The first kappa shape index (κ1) is 75.5. The van der Waals surface area contributed by atoms with Gasteiger partial charge in [-0.15, -0.1) is 0 Å². The van der Waals surface area contributed by atoms with Gasteiger partial charge >= 0.3 is 13.8 Å². The molecule has 0 saturated heterocycles. The molecule has 9 nitrogen and oxygen atoms in total. The van der Waals surface area contributed by atoms with Crippen LogP contribution in [-0.2, 0) is 27.9 Å². The van der Waals surface area contributed by atoms with Crippen molar-refractivity contribution < 1.29 is 37.3 Å². The Labute approximate surface area is 483 Å². The number of hydrogen-bond donors (Lipinski definition) is 2. The van der Waals surface area contributed by atoms with Gasteiger partial charge in [-0.25, -0.2) is 4.57 Å². The maximum absolute atomic E-state index is 13.6. The highest BCUT2D eigenvalue weighted by molar-refractivity contribution is 7.47. The second kappa shape index (κ2) is 57.7. The summed E-state index contributed by atoms with van der Waals surface area (Å²) in [7, 11) is 1.47. The zero-order valence-electron chi connectivity index (χ0n) is 51.9. The minimum absolute atomic E-state index is 0.0315.